The summed E-state index contributed by atoms with van der Waals surface area (Å²) in [5, 5.41) is 8.40. The quantitative estimate of drug-likeness (QED) is 0.606. The van der Waals surface area contributed by atoms with Crippen molar-refractivity contribution in [2.45, 2.75) is 18.2 Å². The third-order valence-electron chi connectivity index (χ3n) is 4.28. The fourth-order valence-corrected chi connectivity index (χ4v) is 3.37. The van der Waals surface area contributed by atoms with Crippen molar-refractivity contribution in [3.8, 4) is 0 Å². The molecular weight excluding hydrogens is 374 g/mol. The number of hydrogen-bond acceptors (Lipinski definition) is 6. The van der Waals surface area contributed by atoms with E-state index < -0.39 is 10.0 Å². The van der Waals surface area contributed by atoms with Gasteiger partial charge in [-0.15, -0.1) is 0 Å². The number of benzene rings is 2. The Morgan fingerprint density at radius 1 is 1.04 bits per heavy atom. The minimum absolute atomic E-state index is 0.116. The third kappa shape index (κ3) is 5.05. The number of primary sulfonamides is 1. The Bertz CT molecular complexity index is 1010. The highest BCUT2D eigenvalue weighted by molar-refractivity contribution is 7.89. The number of nitrogens with two attached hydrogens (primary N) is 1. The van der Waals surface area contributed by atoms with Gasteiger partial charge < -0.3 is 10.2 Å². The Morgan fingerprint density at radius 2 is 1.75 bits per heavy atom. The second kappa shape index (κ2) is 8.81. The molecule has 3 N–H and O–H groups in total. The SMILES string of the molecule is CCN(c1ccccc1)c1cc(NCCc2ccc(S(N)(=O)=O)cc2)ncn1. The maximum absolute atomic E-state index is 11.3. The van der Waals surface area contributed by atoms with Crippen LogP contribution in [0.15, 0.2) is 71.9 Å². The minimum atomic E-state index is -3.66. The Balaban J connectivity index is 1.63. The molecule has 28 heavy (non-hydrogen) atoms. The molecule has 0 saturated heterocycles. The van der Waals surface area contributed by atoms with Crippen LogP contribution in [0.2, 0.25) is 0 Å². The van der Waals surface area contributed by atoms with Crippen molar-refractivity contribution in [3.05, 3.63) is 72.6 Å². The zero-order valence-electron chi connectivity index (χ0n) is 15.6. The number of nitrogens with one attached hydrogen (secondary N) is 1. The monoisotopic (exact) mass is 397 g/mol. The van der Waals surface area contributed by atoms with Crippen molar-refractivity contribution >= 4 is 27.3 Å². The van der Waals surface area contributed by atoms with Gasteiger partial charge in [0.2, 0.25) is 10.0 Å². The topological polar surface area (TPSA) is 101 Å². The van der Waals surface area contributed by atoms with Gasteiger partial charge in [0.1, 0.15) is 18.0 Å². The van der Waals surface area contributed by atoms with Gasteiger partial charge in [0.05, 0.1) is 4.90 Å². The minimum Gasteiger partial charge on any atom is -0.370 e. The molecule has 8 heteroatoms. The van der Waals surface area contributed by atoms with Crippen molar-refractivity contribution in [3.63, 3.8) is 0 Å². The van der Waals surface area contributed by atoms with Crippen molar-refractivity contribution < 1.29 is 8.42 Å². The van der Waals surface area contributed by atoms with Crippen LogP contribution in [-0.2, 0) is 16.4 Å². The summed E-state index contributed by atoms with van der Waals surface area (Å²) >= 11 is 0. The van der Waals surface area contributed by atoms with Gasteiger partial charge in [-0.2, -0.15) is 0 Å². The van der Waals surface area contributed by atoms with Crippen LogP contribution in [0.25, 0.3) is 0 Å². The standard InChI is InChI=1S/C20H23N5O2S/c1-2-25(17-6-4-3-5-7-17)20-14-19(23-15-24-20)22-13-12-16-8-10-18(11-9-16)28(21,26)27/h3-11,14-15H,2,12-13H2,1H3,(H2,21,26,27)(H,22,23,24). The summed E-state index contributed by atoms with van der Waals surface area (Å²) in [6.07, 6.45) is 2.27. The number of aromatic nitrogens is 2. The number of para-hydroxylation sites is 1. The summed E-state index contributed by atoms with van der Waals surface area (Å²) in [4.78, 5) is 10.9. The normalized spacial score (nSPS) is 11.2. The molecule has 1 heterocycles. The Morgan fingerprint density at radius 3 is 2.39 bits per heavy atom. The molecule has 0 bridgehead atoms. The molecule has 146 valence electrons. The van der Waals surface area contributed by atoms with Gasteiger partial charge in [-0.05, 0) is 43.2 Å². The molecular formula is C20H23N5O2S. The zero-order chi connectivity index (χ0) is 20.0. The summed E-state index contributed by atoms with van der Waals surface area (Å²) < 4.78 is 22.6. The van der Waals surface area contributed by atoms with Gasteiger partial charge in [0.15, 0.2) is 0 Å². The van der Waals surface area contributed by atoms with Crippen molar-refractivity contribution in [1.29, 1.82) is 0 Å². The number of nitrogens with zero attached hydrogens (tertiary/aromatic N) is 3. The predicted molar refractivity (Wildman–Crippen MR) is 111 cm³/mol. The first-order chi connectivity index (χ1) is 13.5. The van der Waals surface area contributed by atoms with Crippen LogP contribution < -0.4 is 15.4 Å². The van der Waals surface area contributed by atoms with Crippen LogP contribution >= 0.6 is 0 Å². The molecule has 0 spiro atoms. The molecule has 0 radical (unpaired) electrons. The molecule has 7 nitrogen and oxygen atoms in total. The highest BCUT2D eigenvalue weighted by Gasteiger charge is 2.10. The summed E-state index contributed by atoms with van der Waals surface area (Å²) in [6.45, 7) is 3.52. The summed E-state index contributed by atoms with van der Waals surface area (Å²) in [5.74, 6) is 1.56. The number of anilines is 3. The molecule has 0 aliphatic rings. The lowest BCUT2D eigenvalue weighted by Crippen LogP contribution is -2.18. The Hall–Kier alpha value is -2.97. The lowest BCUT2D eigenvalue weighted by Gasteiger charge is -2.22. The molecule has 0 unspecified atom stereocenters. The molecule has 2 aromatic carbocycles. The lowest BCUT2D eigenvalue weighted by molar-refractivity contribution is 0.598. The van der Waals surface area contributed by atoms with E-state index in [1.54, 1.807) is 18.5 Å². The average Bonchev–Trinajstić information content (AvgIpc) is 2.70. The van der Waals surface area contributed by atoms with E-state index in [4.69, 9.17) is 5.14 Å². The first-order valence-electron chi connectivity index (χ1n) is 8.97. The maximum Gasteiger partial charge on any atom is 0.238 e. The smallest absolute Gasteiger partial charge is 0.238 e. The number of rotatable bonds is 8. The molecule has 0 aliphatic heterocycles. The van der Waals surface area contributed by atoms with Crippen molar-refractivity contribution in [2.75, 3.05) is 23.3 Å². The molecule has 0 aliphatic carbocycles. The predicted octanol–water partition coefficient (Wildman–Crippen LogP) is 2.94. The van der Waals surface area contributed by atoms with Crippen LogP contribution in [-0.4, -0.2) is 31.5 Å². The largest absolute Gasteiger partial charge is 0.370 e. The first kappa shape index (κ1) is 19.8. The summed E-state index contributed by atoms with van der Waals surface area (Å²) in [7, 11) is -3.66. The number of hydrogen-bond donors (Lipinski definition) is 2. The highest BCUT2D eigenvalue weighted by atomic mass is 32.2. The van der Waals surface area contributed by atoms with Crippen LogP contribution in [0.4, 0.5) is 17.3 Å². The van der Waals surface area contributed by atoms with Gasteiger partial charge in [0.25, 0.3) is 0 Å². The van der Waals surface area contributed by atoms with Gasteiger partial charge in [-0.3, -0.25) is 0 Å². The van der Waals surface area contributed by atoms with E-state index in [0.717, 1.165) is 35.9 Å². The summed E-state index contributed by atoms with van der Waals surface area (Å²) in [5.41, 5.74) is 2.08. The zero-order valence-corrected chi connectivity index (χ0v) is 16.4. The van der Waals surface area contributed by atoms with Gasteiger partial charge in [0, 0.05) is 24.8 Å². The number of sulfonamides is 1. The fourth-order valence-electron chi connectivity index (χ4n) is 2.86. The van der Waals surface area contributed by atoms with E-state index in [1.165, 1.54) is 12.1 Å². The van der Waals surface area contributed by atoms with E-state index in [2.05, 4.69) is 27.1 Å². The van der Waals surface area contributed by atoms with Crippen LogP contribution in [0.5, 0.6) is 0 Å². The van der Waals surface area contributed by atoms with Crippen molar-refractivity contribution in [1.82, 2.24) is 9.97 Å². The maximum atomic E-state index is 11.3. The lowest BCUT2D eigenvalue weighted by atomic mass is 10.1. The second-order valence-electron chi connectivity index (χ2n) is 6.21. The highest BCUT2D eigenvalue weighted by Crippen LogP contribution is 2.23. The van der Waals surface area contributed by atoms with Gasteiger partial charge in [-0.25, -0.2) is 23.5 Å². The van der Waals surface area contributed by atoms with Gasteiger partial charge >= 0.3 is 0 Å². The molecule has 0 saturated carbocycles. The van der Waals surface area contributed by atoms with Crippen LogP contribution in [0, 0.1) is 0 Å². The van der Waals surface area contributed by atoms with E-state index in [0.29, 0.717) is 6.54 Å². The molecule has 0 amide bonds. The molecule has 3 aromatic rings. The molecule has 0 fully saturated rings. The fraction of sp³-hybridized carbons (Fsp3) is 0.200. The van der Waals surface area contributed by atoms with E-state index in [-0.39, 0.29) is 4.90 Å². The van der Waals surface area contributed by atoms with E-state index in [9.17, 15) is 8.42 Å². The average molecular weight is 398 g/mol. The van der Waals surface area contributed by atoms with Gasteiger partial charge in [-0.1, -0.05) is 30.3 Å². The molecule has 0 atom stereocenters. The molecule has 3 rings (SSSR count). The van der Waals surface area contributed by atoms with E-state index >= 15 is 0 Å². The van der Waals surface area contributed by atoms with Crippen LogP contribution in [0.3, 0.4) is 0 Å². The summed E-state index contributed by atoms with van der Waals surface area (Å²) in [6, 6.07) is 18.6. The third-order valence-corrected chi connectivity index (χ3v) is 5.21. The van der Waals surface area contributed by atoms with Crippen molar-refractivity contribution in [2.24, 2.45) is 5.14 Å². The Kier molecular flexibility index (Phi) is 6.23. The first-order valence-corrected chi connectivity index (χ1v) is 10.5. The Labute approximate surface area is 165 Å². The molecule has 1 aromatic heterocycles. The van der Waals surface area contributed by atoms with Crippen LogP contribution in [0.1, 0.15) is 12.5 Å². The van der Waals surface area contributed by atoms with E-state index in [1.807, 2.05) is 36.4 Å². The second-order valence-corrected chi connectivity index (χ2v) is 7.77.